The third kappa shape index (κ3) is 3.92. The molecule has 0 spiro atoms. The average Bonchev–Trinajstić information content (AvgIpc) is 3.04. The Morgan fingerprint density at radius 1 is 1.24 bits per heavy atom. The van der Waals surface area contributed by atoms with Crippen molar-refractivity contribution in [1.29, 1.82) is 0 Å². The standard InChI is InChI=1S/C22H24N2O4S/c1-13-7-8-15-16(12-29-19(15)9-13)22(27)28-11-21(26)24-14(2)10-20(25)23-17-5-3-4-6-18(17)24/h3-6,12-14H,7-11H2,1-2H3,(H,23,25). The van der Waals surface area contributed by atoms with Crippen LogP contribution in [0.3, 0.4) is 0 Å². The molecule has 2 amide bonds. The first-order chi connectivity index (χ1) is 13.9. The van der Waals surface area contributed by atoms with Crippen LogP contribution in [-0.4, -0.2) is 30.4 Å². The van der Waals surface area contributed by atoms with Gasteiger partial charge in [-0.2, -0.15) is 0 Å². The lowest BCUT2D eigenvalue weighted by Crippen LogP contribution is -2.41. The van der Waals surface area contributed by atoms with Crippen LogP contribution < -0.4 is 10.2 Å². The fourth-order valence-electron chi connectivity index (χ4n) is 4.09. The van der Waals surface area contributed by atoms with Crippen molar-refractivity contribution in [2.75, 3.05) is 16.8 Å². The normalized spacial score (nSPS) is 20.9. The van der Waals surface area contributed by atoms with Gasteiger partial charge in [0, 0.05) is 22.7 Å². The largest absolute Gasteiger partial charge is 0.452 e. The molecule has 0 fully saturated rings. The number of benzene rings is 1. The predicted molar refractivity (Wildman–Crippen MR) is 112 cm³/mol. The van der Waals surface area contributed by atoms with Crippen LogP contribution in [0.25, 0.3) is 0 Å². The maximum atomic E-state index is 12.9. The predicted octanol–water partition coefficient (Wildman–Crippen LogP) is 3.79. The van der Waals surface area contributed by atoms with Crippen molar-refractivity contribution < 1.29 is 19.1 Å². The molecule has 2 aromatic rings. The van der Waals surface area contributed by atoms with E-state index >= 15 is 0 Å². The number of carbonyl (C=O) groups excluding carboxylic acids is 3. The first kappa shape index (κ1) is 19.6. The first-order valence-corrected chi connectivity index (χ1v) is 10.8. The Hall–Kier alpha value is -2.67. The van der Waals surface area contributed by atoms with Gasteiger partial charge in [-0.25, -0.2) is 4.79 Å². The number of hydrogen-bond acceptors (Lipinski definition) is 5. The molecule has 29 heavy (non-hydrogen) atoms. The van der Waals surface area contributed by atoms with Crippen molar-refractivity contribution in [2.24, 2.45) is 5.92 Å². The van der Waals surface area contributed by atoms with E-state index in [4.69, 9.17) is 4.74 Å². The van der Waals surface area contributed by atoms with Gasteiger partial charge in [-0.15, -0.1) is 11.3 Å². The van der Waals surface area contributed by atoms with Crippen molar-refractivity contribution in [1.82, 2.24) is 0 Å². The summed E-state index contributed by atoms with van der Waals surface area (Å²) in [4.78, 5) is 40.5. The highest BCUT2D eigenvalue weighted by molar-refractivity contribution is 7.10. The molecule has 2 aliphatic rings. The molecule has 1 aromatic heterocycles. The highest BCUT2D eigenvalue weighted by Gasteiger charge is 2.31. The second kappa shape index (κ2) is 7.99. The van der Waals surface area contributed by atoms with Crippen LogP contribution in [-0.2, 0) is 27.2 Å². The van der Waals surface area contributed by atoms with Crippen molar-refractivity contribution in [3.63, 3.8) is 0 Å². The molecule has 0 saturated carbocycles. The lowest BCUT2D eigenvalue weighted by atomic mass is 9.88. The maximum Gasteiger partial charge on any atom is 0.339 e. The van der Waals surface area contributed by atoms with Gasteiger partial charge in [0.2, 0.25) is 5.91 Å². The Bertz CT molecular complexity index is 967. The highest BCUT2D eigenvalue weighted by atomic mass is 32.1. The fraction of sp³-hybridized carbons (Fsp3) is 0.409. The summed E-state index contributed by atoms with van der Waals surface area (Å²) in [5, 5.41) is 4.67. The number of anilines is 2. The van der Waals surface area contributed by atoms with E-state index < -0.39 is 5.97 Å². The first-order valence-electron chi connectivity index (χ1n) is 9.91. The molecule has 1 aliphatic heterocycles. The number of ether oxygens (including phenoxy) is 1. The molecule has 1 N–H and O–H groups in total. The zero-order valence-electron chi connectivity index (χ0n) is 16.6. The van der Waals surface area contributed by atoms with Crippen LogP contribution in [0.1, 0.15) is 47.5 Å². The van der Waals surface area contributed by atoms with Crippen LogP contribution in [0.5, 0.6) is 0 Å². The minimum Gasteiger partial charge on any atom is -0.452 e. The Morgan fingerprint density at radius 3 is 2.86 bits per heavy atom. The Kier molecular flexibility index (Phi) is 5.41. The van der Waals surface area contributed by atoms with Crippen LogP contribution in [0, 0.1) is 5.92 Å². The van der Waals surface area contributed by atoms with Gasteiger partial charge < -0.3 is 15.0 Å². The van der Waals surface area contributed by atoms with Gasteiger partial charge in [0.05, 0.1) is 16.9 Å². The highest BCUT2D eigenvalue weighted by Crippen LogP contribution is 2.34. The summed E-state index contributed by atoms with van der Waals surface area (Å²) in [5.41, 5.74) is 2.87. The van der Waals surface area contributed by atoms with E-state index in [0.29, 0.717) is 22.9 Å². The number of nitrogens with zero attached hydrogens (tertiary/aromatic N) is 1. The summed E-state index contributed by atoms with van der Waals surface area (Å²) in [6.07, 6.45) is 3.12. The minimum atomic E-state index is -0.449. The van der Waals surface area contributed by atoms with Crippen molar-refractivity contribution >= 4 is 40.5 Å². The van der Waals surface area contributed by atoms with E-state index in [2.05, 4.69) is 12.2 Å². The minimum absolute atomic E-state index is 0.142. The molecule has 1 aromatic carbocycles. The number of carbonyl (C=O) groups is 3. The summed E-state index contributed by atoms with van der Waals surface area (Å²) in [6, 6.07) is 6.83. The topological polar surface area (TPSA) is 75.7 Å². The third-order valence-corrected chi connectivity index (χ3v) is 6.63. The number of rotatable bonds is 3. The quantitative estimate of drug-likeness (QED) is 0.778. The van der Waals surface area contributed by atoms with Gasteiger partial charge in [0.25, 0.3) is 5.91 Å². The second-order valence-corrected chi connectivity index (χ2v) is 8.82. The molecule has 0 bridgehead atoms. The smallest absolute Gasteiger partial charge is 0.339 e. The van der Waals surface area contributed by atoms with Crippen molar-refractivity contribution in [3.05, 3.63) is 45.6 Å². The zero-order chi connectivity index (χ0) is 20.5. The molecule has 2 heterocycles. The molecule has 1 aliphatic carbocycles. The number of amides is 2. The second-order valence-electron chi connectivity index (χ2n) is 7.86. The molecule has 152 valence electrons. The van der Waals surface area contributed by atoms with Gasteiger partial charge >= 0.3 is 5.97 Å². The number of esters is 1. The van der Waals surface area contributed by atoms with Crippen LogP contribution in [0.4, 0.5) is 11.4 Å². The summed E-state index contributed by atoms with van der Waals surface area (Å²) in [6.45, 7) is 3.68. The number of fused-ring (bicyclic) bond motifs is 2. The van der Waals surface area contributed by atoms with Crippen molar-refractivity contribution in [3.8, 4) is 0 Å². The van der Waals surface area contributed by atoms with Crippen LogP contribution in [0.2, 0.25) is 0 Å². The maximum absolute atomic E-state index is 12.9. The monoisotopic (exact) mass is 412 g/mol. The van der Waals surface area contributed by atoms with Crippen LogP contribution >= 0.6 is 11.3 Å². The third-order valence-electron chi connectivity index (χ3n) is 5.58. The molecule has 4 rings (SSSR count). The molecular weight excluding hydrogens is 388 g/mol. The van der Waals surface area contributed by atoms with E-state index in [1.165, 1.54) is 4.88 Å². The number of nitrogens with one attached hydrogen (secondary N) is 1. The Morgan fingerprint density at radius 2 is 2.03 bits per heavy atom. The van der Waals surface area contributed by atoms with Crippen LogP contribution in [0.15, 0.2) is 29.6 Å². The average molecular weight is 413 g/mol. The Labute approximate surface area is 173 Å². The van der Waals surface area contributed by atoms with E-state index in [1.807, 2.05) is 18.4 Å². The zero-order valence-corrected chi connectivity index (χ0v) is 17.4. The van der Waals surface area contributed by atoms with E-state index in [0.717, 1.165) is 24.8 Å². The molecule has 2 unspecified atom stereocenters. The molecule has 0 saturated heterocycles. The summed E-state index contributed by atoms with van der Waals surface area (Å²) in [5.74, 6) is -0.299. The summed E-state index contributed by atoms with van der Waals surface area (Å²) in [7, 11) is 0. The summed E-state index contributed by atoms with van der Waals surface area (Å²) < 4.78 is 5.40. The van der Waals surface area contributed by atoms with Gasteiger partial charge in [-0.3, -0.25) is 9.59 Å². The lowest BCUT2D eigenvalue weighted by molar-refractivity contribution is -0.122. The van der Waals surface area contributed by atoms with E-state index in [9.17, 15) is 14.4 Å². The van der Waals surface area contributed by atoms with E-state index in [1.54, 1.807) is 34.4 Å². The molecule has 0 radical (unpaired) electrons. The lowest BCUT2D eigenvalue weighted by Gasteiger charge is -2.27. The Balaban J connectivity index is 1.48. The molecule has 2 atom stereocenters. The van der Waals surface area contributed by atoms with Gasteiger partial charge in [0.15, 0.2) is 6.61 Å². The number of thiophene rings is 1. The SMILES string of the molecule is CC1CCc2c(C(=O)OCC(=O)N3c4ccccc4NC(=O)CC3C)csc2C1. The fourth-order valence-corrected chi connectivity index (χ4v) is 5.32. The number of hydrogen-bond donors (Lipinski definition) is 1. The molecule has 7 heteroatoms. The van der Waals surface area contributed by atoms with E-state index in [-0.39, 0.29) is 30.9 Å². The number of para-hydroxylation sites is 2. The van der Waals surface area contributed by atoms with Gasteiger partial charge in [-0.05, 0) is 49.8 Å². The van der Waals surface area contributed by atoms with Crippen molar-refractivity contribution in [2.45, 2.75) is 45.6 Å². The molecular formula is C22H24N2O4S. The molecule has 6 nitrogen and oxygen atoms in total. The van der Waals surface area contributed by atoms with Gasteiger partial charge in [0.1, 0.15) is 0 Å². The van der Waals surface area contributed by atoms with Gasteiger partial charge in [-0.1, -0.05) is 19.1 Å². The summed E-state index contributed by atoms with van der Waals surface area (Å²) >= 11 is 1.60.